The predicted molar refractivity (Wildman–Crippen MR) is 53.7 cm³/mol. The summed E-state index contributed by atoms with van der Waals surface area (Å²) >= 11 is 0. The third-order valence-electron chi connectivity index (χ3n) is 1.77. The maximum atomic E-state index is 5.17. The van der Waals surface area contributed by atoms with E-state index in [9.17, 15) is 0 Å². The van der Waals surface area contributed by atoms with Gasteiger partial charge >= 0.3 is 0 Å². The van der Waals surface area contributed by atoms with E-state index in [1.165, 1.54) is 5.56 Å². The van der Waals surface area contributed by atoms with Crippen molar-refractivity contribution in [1.29, 1.82) is 0 Å². The van der Waals surface area contributed by atoms with Gasteiger partial charge in [0.05, 0.1) is 0 Å². The second kappa shape index (κ2) is 4.41. The highest BCUT2D eigenvalue weighted by molar-refractivity contribution is 5.47. The Morgan fingerprint density at radius 1 is 1.33 bits per heavy atom. The molecular weight excluding hydrogens is 144 g/mol. The standard InChI is InChI=1S/C12H12/c1-3-5-6-12-9-7-11(4-2)8-10-12/h1,4,7-10H,2,5-6H2. The van der Waals surface area contributed by atoms with Gasteiger partial charge in [0.15, 0.2) is 0 Å². The summed E-state index contributed by atoms with van der Waals surface area (Å²) in [5.41, 5.74) is 2.44. The fourth-order valence-electron chi connectivity index (χ4n) is 1.04. The van der Waals surface area contributed by atoms with Gasteiger partial charge < -0.3 is 0 Å². The second-order valence-electron chi connectivity index (χ2n) is 2.65. The van der Waals surface area contributed by atoms with E-state index >= 15 is 0 Å². The van der Waals surface area contributed by atoms with Gasteiger partial charge in [0, 0.05) is 6.42 Å². The van der Waals surface area contributed by atoms with Crippen molar-refractivity contribution in [2.24, 2.45) is 0 Å². The number of rotatable bonds is 3. The van der Waals surface area contributed by atoms with E-state index in [1.807, 2.05) is 6.08 Å². The Balaban J connectivity index is 2.66. The zero-order valence-corrected chi connectivity index (χ0v) is 7.09. The highest BCUT2D eigenvalue weighted by atomic mass is 13.9. The third kappa shape index (κ3) is 2.29. The van der Waals surface area contributed by atoms with Gasteiger partial charge in [-0.1, -0.05) is 36.9 Å². The molecule has 0 saturated carbocycles. The first-order chi connectivity index (χ1) is 5.86. The molecule has 0 saturated heterocycles. The Bertz CT molecular complexity index is 285. The highest BCUT2D eigenvalue weighted by Crippen LogP contribution is 2.06. The van der Waals surface area contributed by atoms with Crippen molar-refractivity contribution in [3.05, 3.63) is 42.0 Å². The second-order valence-corrected chi connectivity index (χ2v) is 2.65. The maximum Gasteiger partial charge on any atom is 0.0127 e. The minimum absolute atomic E-state index is 0.813. The molecule has 1 rings (SSSR count). The minimum Gasteiger partial charge on any atom is -0.120 e. The number of benzene rings is 1. The molecule has 0 N–H and O–H groups in total. The van der Waals surface area contributed by atoms with E-state index < -0.39 is 0 Å². The molecule has 0 aromatic heterocycles. The van der Waals surface area contributed by atoms with Crippen LogP contribution < -0.4 is 0 Å². The van der Waals surface area contributed by atoms with Gasteiger partial charge in [-0.05, 0) is 17.5 Å². The Labute approximate surface area is 73.9 Å². The fraction of sp³-hybridized carbons (Fsp3) is 0.167. The molecule has 1 aromatic rings. The zero-order chi connectivity index (χ0) is 8.81. The zero-order valence-electron chi connectivity index (χ0n) is 7.09. The summed E-state index contributed by atoms with van der Waals surface area (Å²) < 4.78 is 0. The lowest BCUT2D eigenvalue weighted by atomic mass is 10.1. The van der Waals surface area contributed by atoms with Crippen LogP contribution in [0.2, 0.25) is 0 Å². The normalized spacial score (nSPS) is 8.92. The molecule has 0 radical (unpaired) electrons. The summed E-state index contributed by atoms with van der Waals surface area (Å²) in [4.78, 5) is 0. The molecule has 60 valence electrons. The molecule has 0 spiro atoms. The quantitative estimate of drug-likeness (QED) is 0.590. The number of terminal acetylenes is 1. The van der Waals surface area contributed by atoms with E-state index in [4.69, 9.17) is 6.42 Å². The van der Waals surface area contributed by atoms with Crippen LogP contribution in [0.15, 0.2) is 30.8 Å². The molecule has 0 atom stereocenters. The van der Waals surface area contributed by atoms with Crippen LogP contribution in [0.1, 0.15) is 17.5 Å². The maximum absolute atomic E-state index is 5.17. The van der Waals surface area contributed by atoms with E-state index in [0.29, 0.717) is 0 Å². The Morgan fingerprint density at radius 2 is 2.00 bits per heavy atom. The third-order valence-corrected chi connectivity index (χ3v) is 1.77. The van der Waals surface area contributed by atoms with Crippen molar-refractivity contribution in [3.8, 4) is 12.3 Å². The van der Waals surface area contributed by atoms with Gasteiger partial charge in [-0.3, -0.25) is 0 Å². The molecule has 0 bridgehead atoms. The summed E-state index contributed by atoms with van der Waals surface area (Å²) in [6.45, 7) is 3.69. The van der Waals surface area contributed by atoms with Crippen molar-refractivity contribution in [2.75, 3.05) is 0 Å². The average Bonchev–Trinajstić information content (AvgIpc) is 2.15. The number of hydrogen-bond acceptors (Lipinski definition) is 0. The average molecular weight is 156 g/mol. The van der Waals surface area contributed by atoms with Gasteiger partial charge in [0.25, 0.3) is 0 Å². The lowest BCUT2D eigenvalue weighted by Crippen LogP contribution is -1.82. The molecule has 0 aliphatic carbocycles. The molecule has 0 heterocycles. The SMILES string of the molecule is C#CCCc1ccc(C=C)cc1. The van der Waals surface area contributed by atoms with Gasteiger partial charge in [-0.15, -0.1) is 12.3 Å². The van der Waals surface area contributed by atoms with Gasteiger partial charge in [0.1, 0.15) is 0 Å². The highest BCUT2D eigenvalue weighted by Gasteiger charge is 1.90. The molecule has 0 heteroatoms. The lowest BCUT2D eigenvalue weighted by molar-refractivity contribution is 1.03. The summed E-state index contributed by atoms with van der Waals surface area (Å²) in [5.74, 6) is 2.62. The Morgan fingerprint density at radius 3 is 2.50 bits per heavy atom. The van der Waals surface area contributed by atoms with Crippen molar-refractivity contribution in [3.63, 3.8) is 0 Å². The van der Waals surface area contributed by atoms with Crippen LogP contribution >= 0.6 is 0 Å². The monoisotopic (exact) mass is 156 g/mol. The van der Waals surface area contributed by atoms with Crippen molar-refractivity contribution < 1.29 is 0 Å². The first-order valence-electron chi connectivity index (χ1n) is 4.01. The molecule has 0 fully saturated rings. The molecule has 1 aromatic carbocycles. The van der Waals surface area contributed by atoms with Gasteiger partial charge in [0.2, 0.25) is 0 Å². The smallest absolute Gasteiger partial charge is 0.0127 e. The summed E-state index contributed by atoms with van der Waals surface area (Å²) in [7, 11) is 0. The molecule has 0 nitrogen and oxygen atoms in total. The summed E-state index contributed by atoms with van der Waals surface area (Å²) in [6, 6.07) is 8.29. The van der Waals surface area contributed by atoms with Crippen molar-refractivity contribution >= 4 is 6.08 Å². The molecule has 12 heavy (non-hydrogen) atoms. The van der Waals surface area contributed by atoms with Crippen LogP contribution in [0.5, 0.6) is 0 Å². The van der Waals surface area contributed by atoms with Crippen molar-refractivity contribution in [1.82, 2.24) is 0 Å². The van der Waals surface area contributed by atoms with Crippen LogP contribution in [0.3, 0.4) is 0 Å². The Kier molecular flexibility index (Phi) is 3.17. The van der Waals surface area contributed by atoms with E-state index in [1.54, 1.807) is 0 Å². The molecule has 0 aliphatic rings. The van der Waals surface area contributed by atoms with Crippen LogP contribution in [-0.4, -0.2) is 0 Å². The molecule has 0 aliphatic heterocycles. The molecular formula is C12H12. The molecule has 0 unspecified atom stereocenters. The van der Waals surface area contributed by atoms with E-state index in [-0.39, 0.29) is 0 Å². The minimum atomic E-state index is 0.813. The predicted octanol–water partition coefficient (Wildman–Crippen LogP) is 2.90. The van der Waals surface area contributed by atoms with Gasteiger partial charge in [-0.25, -0.2) is 0 Å². The molecule has 0 amide bonds. The topological polar surface area (TPSA) is 0 Å². The summed E-state index contributed by atoms with van der Waals surface area (Å²) in [6.07, 6.45) is 8.78. The first kappa shape index (κ1) is 8.62. The van der Waals surface area contributed by atoms with Gasteiger partial charge in [-0.2, -0.15) is 0 Å². The van der Waals surface area contributed by atoms with E-state index in [2.05, 4.69) is 36.8 Å². The van der Waals surface area contributed by atoms with Crippen molar-refractivity contribution in [2.45, 2.75) is 12.8 Å². The first-order valence-corrected chi connectivity index (χ1v) is 4.01. The lowest BCUT2D eigenvalue weighted by Gasteiger charge is -1.97. The fourth-order valence-corrected chi connectivity index (χ4v) is 1.04. The summed E-state index contributed by atoms with van der Waals surface area (Å²) in [5, 5.41) is 0. The van der Waals surface area contributed by atoms with E-state index in [0.717, 1.165) is 18.4 Å². The number of hydrogen-bond donors (Lipinski definition) is 0. The van der Waals surface area contributed by atoms with Crippen LogP contribution in [-0.2, 0) is 6.42 Å². The largest absolute Gasteiger partial charge is 0.120 e. The Hall–Kier alpha value is -1.48. The number of aryl methyl sites for hydroxylation is 1. The van der Waals surface area contributed by atoms with Crippen LogP contribution in [0, 0.1) is 12.3 Å². The van der Waals surface area contributed by atoms with Crippen LogP contribution in [0.25, 0.3) is 6.08 Å². The van der Waals surface area contributed by atoms with Crippen LogP contribution in [0.4, 0.5) is 0 Å².